The number of benzene rings is 1. The van der Waals surface area contributed by atoms with Gasteiger partial charge in [0, 0.05) is 6.07 Å². The number of hydrogen-bond donors (Lipinski definition) is 2. The molecule has 2 N–H and O–H groups in total. The third kappa shape index (κ3) is 4.22. The maximum atomic E-state index is 12.2. The lowest BCUT2D eigenvalue weighted by molar-refractivity contribution is 0.0933. The molecule has 1 amide bonds. The number of H-pyrrole nitrogens is 1. The van der Waals surface area contributed by atoms with Gasteiger partial charge in [-0.2, -0.15) is 5.10 Å². The van der Waals surface area contributed by atoms with Crippen LogP contribution in [-0.2, 0) is 0 Å². The predicted octanol–water partition coefficient (Wildman–Crippen LogP) is 2.59. The average Bonchev–Trinajstić information content (AvgIpc) is 3.15. The van der Waals surface area contributed by atoms with E-state index in [4.69, 9.17) is 9.47 Å². The standard InChI is InChI=1S/C19H23N3O4/c1-12(20-19(24)15-8-10-18(23)22-21-15)13-7-9-16(17(11-13)25-2)26-14-5-3-4-6-14/h7-12,14H,3-6H2,1-2H3,(H,20,24)(H,22,23)/t12-/m0/s1. The second-order valence-corrected chi connectivity index (χ2v) is 6.44. The predicted molar refractivity (Wildman–Crippen MR) is 96.6 cm³/mol. The van der Waals surface area contributed by atoms with Crippen LogP contribution in [0.2, 0.25) is 0 Å². The summed E-state index contributed by atoms with van der Waals surface area (Å²) in [5.74, 6) is 1.01. The van der Waals surface area contributed by atoms with Crippen molar-refractivity contribution in [3.8, 4) is 11.5 Å². The molecule has 0 bridgehead atoms. The Balaban J connectivity index is 1.70. The number of carbonyl (C=O) groups is 1. The highest BCUT2D eigenvalue weighted by atomic mass is 16.5. The van der Waals surface area contributed by atoms with E-state index < -0.39 is 0 Å². The molecule has 26 heavy (non-hydrogen) atoms. The van der Waals surface area contributed by atoms with Gasteiger partial charge in [-0.3, -0.25) is 9.59 Å². The molecule has 0 aliphatic heterocycles. The second kappa shape index (κ2) is 8.03. The lowest BCUT2D eigenvalue weighted by atomic mass is 10.1. The van der Waals surface area contributed by atoms with Gasteiger partial charge in [-0.1, -0.05) is 6.07 Å². The number of methoxy groups -OCH3 is 1. The minimum Gasteiger partial charge on any atom is -0.493 e. The van der Waals surface area contributed by atoms with Crippen molar-refractivity contribution < 1.29 is 14.3 Å². The van der Waals surface area contributed by atoms with Gasteiger partial charge in [0.1, 0.15) is 5.69 Å². The van der Waals surface area contributed by atoms with Crippen molar-refractivity contribution in [2.45, 2.75) is 44.8 Å². The SMILES string of the molecule is COc1cc([C@H](C)NC(=O)c2ccc(=O)[nH]n2)ccc1OC1CCCC1. The molecule has 2 aromatic rings. The number of rotatable bonds is 6. The smallest absolute Gasteiger partial charge is 0.272 e. The molecule has 0 radical (unpaired) electrons. The lowest BCUT2D eigenvalue weighted by Gasteiger charge is -2.19. The van der Waals surface area contributed by atoms with Crippen LogP contribution >= 0.6 is 0 Å². The van der Waals surface area contributed by atoms with Crippen LogP contribution in [-0.4, -0.2) is 29.3 Å². The fraction of sp³-hybridized carbons (Fsp3) is 0.421. The third-order valence-corrected chi connectivity index (χ3v) is 4.54. The molecule has 1 heterocycles. The molecule has 138 valence electrons. The van der Waals surface area contributed by atoms with E-state index in [0.717, 1.165) is 24.2 Å². The summed E-state index contributed by atoms with van der Waals surface area (Å²) in [7, 11) is 1.61. The summed E-state index contributed by atoms with van der Waals surface area (Å²) in [5, 5.41) is 8.84. The number of nitrogens with zero attached hydrogens (tertiary/aromatic N) is 1. The first-order valence-corrected chi connectivity index (χ1v) is 8.78. The zero-order chi connectivity index (χ0) is 18.5. The van der Waals surface area contributed by atoms with Crippen LogP contribution in [0.1, 0.15) is 54.7 Å². The Morgan fingerprint density at radius 2 is 2.00 bits per heavy atom. The van der Waals surface area contributed by atoms with Crippen molar-refractivity contribution in [3.05, 3.63) is 51.9 Å². The minimum atomic E-state index is -0.362. The van der Waals surface area contributed by atoms with Crippen LogP contribution < -0.4 is 20.3 Å². The van der Waals surface area contributed by atoms with Gasteiger partial charge in [-0.15, -0.1) is 0 Å². The summed E-state index contributed by atoms with van der Waals surface area (Å²) in [4.78, 5) is 23.3. The van der Waals surface area contributed by atoms with E-state index in [2.05, 4.69) is 15.5 Å². The highest BCUT2D eigenvalue weighted by Gasteiger charge is 2.20. The summed E-state index contributed by atoms with van der Waals surface area (Å²) in [6.45, 7) is 1.87. The van der Waals surface area contributed by atoms with Gasteiger partial charge in [-0.25, -0.2) is 5.10 Å². The molecule has 1 aromatic heterocycles. The van der Waals surface area contributed by atoms with Crippen molar-refractivity contribution in [1.82, 2.24) is 15.5 Å². The van der Waals surface area contributed by atoms with Crippen LogP contribution in [0.15, 0.2) is 35.1 Å². The second-order valence-electron chi connectivity index (χ2n) is 6.44. The van der Waals surface area contributed by atoms with Gasteiger partial charge in [0.2, 0.25) is 0 Å². The number of amides is 1. The molecular weight excluding hydrogens is 334 g/mol. The van der Waals surface area contributed by atoms with Gasteiger partial charge >= 0.3 is 0 Å². The van der Waals surface area contributed by atoms with E-state index in [1.807, 2.05) is 25.1 Å². The number of carbonyl (C=O) groups excluding carboxylic acids is 1. The van der Waals surface area contributed by atoms with Gasteiger partial charge in [0.15, 0.2) is 11.5 Å². The molecule has 1 aliphatic carbocycles. The third-order valence-electron chi connectivity index (χ3n) is 4.54. The number of ether oxygens (including phenoxy) is 2. The van der Waals surface area contributed by atoms with E-state index in [1.54, 1.807) is 7.11 Å². The van der Waals surface area contributed by atoms with Crippen LogP contribution in [0.5, 0.6) is 11.5 Å². The maximum absolute atomic E-state index is 12.2. The van der Waals surface area contributed by atoms with E-state index in [0.29, 0.717) is 5.75 Å². The Morgan fingerprint density at radius 3 is 2.65 bits per heavy atom. The Bertz CT molecular complexity index is 807. The van der Waals surface area contributed by atoms with E-state index >= 15 is 0 Å². The van der Waals surface area contributed by atoms with E-state index in [-0.39, 0.29) is 29.3 Å². The zero-order valence-corrected chi connectivity index (χ0v) is 15.0. The van der Waals surface area contributed by atoms with E-state index in [9.17, 15) is 9.59 Å². The highest BCUT2D eigenvalue weighted by Crippen LogP contribution is 2.33. The normalized spacial score (nSPS) is 15.5. The molecular formula is C19H23N3O4. The first-order chi connectivity index (χ1) is 12.6. The van der Waals surface area contributed by atoms with Crippen LogP contribution in [0.4, 0.5) is 0 Å². The molecule has 7 heteroatoms. The molecule has 0 saturated heterocycles. The monoisotopic (exact) mass is 357 g/mol. The largest absolute Gasteiger partial charge is 0.493 e. The number of nitrogens with one attached hydrogen (secondary N) is 2. The average molecular weight is 357 g/mol. The summed E-state index contributed by atoms with van der Waals surface area (Å²) in [6.07, 6.45) is 4.80. The molecule has 0 spiro atoms. The molecule has 1 atom stereocenters. The van der Waals surface area contributed by atoms with Crippen molar-refractivity contribution in [2.75, 3.05) is 7.11 Å². The fourth-order valence-electron chi connectivity index (χ4n) is 3.06. The van der Waals surface area contributed by atoms with Gasteiger partial charge < -0.3 is 14.8 Å². The van der Waals surface area contributed by atoms with Crippen LogP contribution in [0.3, 0.4) is 0 Å². The Morgan fingerprint density at radius 1 is 1.23 bits per heavy atom. The van der Waals surface area contributed by atoms with Crippen molar-refractivity contribution in [1.29, 1.82) is 0 Å². The Kier molecular flexibility index (Phi) is 5.55. The van der Waals surface area contributed by atoms with Crippen LogP contribution in [0.25, 0.3) is 0 Å². The quantitative estimate of drug-likeness (QED) is 0.829. The maximum Gasteiger partial charge on any atom is 0.272 e. The van der Waals surface area contributed by atoms with Gasteiger partial charge in [0.05, 0.1) is 19.3 Å². The van der Waals surface area contributed by atoms with Gasteiger partial charge in [-0.05, 0) is 56.4 Å². The van der Waals surface area contributed by atoms with Crippen molar-refractivity contribution in [2.24, 2.45) is 0 Å². The summed E-state index contributed by atoms with van der Waals surface area (Å²) >= 11 is 0. The van der Waals surface area contributed by atoms with Crippen LogP contribution in [0, 0.1) is 0 Å². The minimum absolute atomic E-state index is 0.157. The molecule has 1 fully saturated rings. The van der Waals surface area contributed by atoms with E-state index in [1.165, 1.54) is 25.0 Å². The fourth-order valence-corrected chi connectivity index (χ4v) is 3.06. The summed E-state index contributed by atoms with van der Waals surface area (Å²) in [6, 6.07) is 8.07. The Labute approximate surface area is 151 Å². The molecule has 7 nitrogen and oxygen atoms in total. The number of hydrogen-bond acceptors (Lipinski definition) is 5. The number of aromatic amines is 1. The first kappa shape index (κ1) is 18.0. The van der Waals surface area contributed by atoms with Gasteiger partial charge in [0.25, 0.3) is 11.5 Å². The molecule has 1 aromatic carbocycles. The topological polar surface area (TPSA) is 93.3 Å². The molecule has 3 rings (SSSR count). The zero-order valence-electron chi connectivity index (χ0n) is 15.0. The number of aromatic nitrogens is 2. The lowest BCUT2D eigenvalue weighted by Crippen LogP contribution is -2.28. The summed E-state index contributed by atoms with van der Waals surface area (Å²) in [5.41, 5.74) is 0.695. The molecule has 0 unspecified atom stereocenters. The van der Waals surface area contributed by atoms with Crippen molar-refractivity contribution in [3.63, 3.8) is 0 Å². The molecule has 1 saturated carbocycles. The van der Waals surface area contributed by atoms with Crippen molar-refractivity contribution >= 4 is 5.91 Å². The summed E-state index contributed by atoms with van der Waals surface area (Å²) < 4.78 is 11.5. The highest BCUT2D eigenvalue weighted by molar-refractivity contribution is 5.92. The Hall–Kier alpha value is -2.83. The first-order valence-electron chi connectivity index (χ1n) is 8.78. The molecule has 1 aliphatic rings.